The molecule has 0 saturated carbocycles. The number of benzene rings is 1. The van der Waals surface area contributed by atoms with Crippen molar-refractivity contribution in [1.29, 1.82) is 0 Å². The summed E-state index contributed by atoms with van der Waals surface area (Å²) in [6, 6.07) is 7.59. The molecule has 1 aromatic heterocycles. The first-order valence-corrected chi connectivity index (χ1v) is 9.27. The molecule has 1 aromatic carbocycles. The topological polar surface area (TPSA) is 84.0 Å². The molecule has 0 atom stereocenters. The Morgan fingerprint density at radius 2 is 2.07 bits per heavy atom. The third-order valence-electron chi connectivity index (χ3n) is 4.75. The zero-order chi connectivity index (χ0) is 20.4. The Morgan fingerprint density at radius 3 is 2.90 bits per heavy atom. The molecule has 0 radical (unpaired) electrons. The first-order chi connectivity index (χ1) is 14.0. The summed E-state index contributed by atoms with van der Waals surface area (Å²) in [5.74, 6) is 1.79. The van der Waals surface area contributed by atoms with Gasteiger partial charge < -0.3 is 19.7 Å². The van der Waals surface area contributed by atoms with E-state index in [0.717, 1.165) is 22.4 Å². The number of carbonyl (C=O) groups is 2. The summed E-state index contributed by atoms with van der Waals surface area (Å²) in [6.07, 6.45) is 4.90. The van der Waals surface area contributed by atoms with Crippen molar-refractivity contribution in [3.05, 3.63) is 53.2 Å². The standard InChI is InChI=1S/C21H22N4O4.ClH/c1-24-11-16-7-14(9-22-21(16)23-19(26)12-24)4-6-20(27)25(2)10-15-3-5-17-18(8-15)29-13-28-17;/h3-9H,10-13H2,1-2H3,(H,22,23,26);1H. The van der Waals surface area contributed by atoms with Crippen molar-refractivity contribution in [2.24, 2.45) is 0 Å². The second-order valence-corrected chi connectivity index (χ2v) is 7.21. The van der Waals surface area contributed by atoms with Gasteiger partial charge in [-0.3, -0.25) is 14.5 Å². The summed E-state index contributed by atoms with van der Waals surface area (Å²) in [5, 5.41) is 2.80. The van der Waals surface area contributed by atoms with Crippen molar-refractivity contribution in [3.63, 3.8) is 0 Å². The lowest BCUT2D eigenvalue weighted by molar-refractivity contribution is -0.125. The average molecular weight is 431 g/mol. The Kier molecular flexibility index (Phi) is 6.59. The van der Waals surface area contributed by atoms with Gasteiger partial charge in [0, 0.05) is 38.0 Å². The third-order valence-corrected chi connectivity index (χ3v) is 4.75. The Bertz CT molecular complexity index is 995. The van der Waals surface area contributed by atoms with Gasteiger partial charge >= 0.3 is 0 Å². The fraction of sp³-hybridized carbons (Fsp3) is 0.286. The molecule has 30 heavy (non-hydrogen) atoms. The highest BCUT2D eigenvalue weighted by Gasteiger charge is 2.18. The van der Waals surface area contributed by atoms with Gasteiger partial charge in [-0.05, 0) is 42.4 Å². The number of hydrogen-bond acceptors (Lipinski definition) is 6. The van der Waals surface area contributed by atoms with Crippen LogP contribution >= 0.6 is 12.4 Å². The van der Waals surface area contributed by atoms with E-state index in [9.17, 15) is 9.59 Å². The van der Waals surface area contributed by atoms with E-state index >= 15 is 0 Å². The molecule has 0 bridgehead atoms. The fourth-order valence-electron chi connectivity index (χ4n) is 3.30. The molecule has 2 aromatic rings. The van der Waals surface area contributed by atoms with Gasteiger partial charge in [0.15, 0.2) is 11.5 Å². The molecule has 0 saturated heterocycles. The molecule has 0 fully saturated rings. The van der Waals surface area contributed by atoms with Crippen molar-refractivity contribution in [2.45, 2.75) is 13.1 Å². The van der Waals surface area contributed by atoms with Crippen molar-refractivity contribution in [2.75, 3.05) is 32.7 Å². The number of fused-ring (bicyclic) bond motifs is 2. The van der Waals surface area contributed by atoms with Crippen LogP contribution in [0.15, 0.2) is 36.5 Å². The van der Waals surface area contributed by atoms with Crippen LogP contribution < -0.4 is 14.8 Å². The van der Waals surface area contributed by atoms with E-state index in [0.29, 0.717) is 31.2 Å². The van der Waals surface area contributed by atoms with Gasteiger partial charge in [-0.25, -0.2) is 4.98 Å². The Balaban J connectivity index is 0.00000256. The highest BCUT2D eigenvalue weighted by Crippen LogP contribution is 2.32. The van der Waals surface area contributed by atoms with Gasteiger partial charge in [0.25, 0.3) is 0 Å². The molecule has 8 nitrogen and oxygen atoms in total. The molecule has 9 heteroatoms. The predicted octanol–water partition coefficient (Wildman–Crippen LogP) is 2.29. The second-order valence-electron chi connectivity index (χ2n) is 7.21. The van der Waals surface area contributed by atoms with Crippen molar-refractivity contribution in [1.82, 2.24) is 14.8 Å². The number of nitrogens with zero attached hydrogens (tertiary/aromatic N) is 3. The molecular weight excluding hydrogens is 408 g/mol. The zero-order valence-corrected chi connectivity index (χ0v) is 17.6. The van der Waals surface area contributed by atoms with Crippen LogP contribution in [0.5, 0.6) is 11.5 Å². The summed E-state index contributed by atoms with van der Waals surface area (Å²) in [7, 11) is 3.63. The monoisotopic (exact) mass is 430 g/mol. The van der Waals surface area contributed by atoms with Crippen LogP contribution in [0.4, 0.5) is 5.82 Å². The van der Waals surface area contributed by atoms with Gasteiger partial charge in [-0.1, -0.05) is 6.07 Å². The SMILES string of the molecule is CN1CC(=O)Nc2ncc(C=CC(=O)N(C)Cc3ccc4c(c3)OCO4)cc2C1.Cl. The maximum Gasteiger partial charge on any atom is 0.246 e. The van der Waals surface area contributed by atoms with E-state index in [4.69, 9.17) is 9.47 Å². The highest BCUT2D eigenvalue weighted by molar-refractivity contribution is 5.93. The maximum absolute atomic E-state index is 12.5. The van der Waals surface area contributed by atoms with E-state index in [1.165, 1.54) is 6.08 Å². The number of likely N-dealkylation sites (N-methyl/N-ethyl adjacent to an activating group) is 2. The van der Waals surface area contributed by atoms with Crippen LogP contribution in [0.2, 0.25) is 0 Å². The number of anilines is 1. The number of halogens is 1. The lowest BCUT2D eigenvalue weighted by Crippen LogP contribution is -2.26. The van der Waals surface area contributed by atoms with Gasteiger partial charge in [0.1, 0.15) is 5.82 Å². The van der Waals surface area contributed by atoms with Crippen molar-refractivity contribution >= 4 is 36.1 Å². The van der Waals surface area contributed by atoms with Crippen molar-refractivity contribution in [3.8, 4) is 11.5 Å². The molecule has 1 N–H and O–H groups in total. The minimum Gasteiger partial charge on any atom is -0.454 e. The normalized spacial score (nSPS) is 15.2. The number of nitrogens with one attached hydrogen (secondary N) is 1. The first kappa shape index (κ1) is 21.6. The second kappa shape index (κ2) is 9.15. The largest absolute Gasteiger partial charge is 0.454 e. The number of amides is 2. The van der Waals surface area contributed by atoms with Crippen molar-refractivity contribution < 1.29 is 19.1 Å². The molecule has 4 rings (SSSR count). The van der Waals surface area contributed by atoms with E-state index < -0.39 is 0 Å². The van der Waals surface area contributed by atoms with Gasteiger partial charge in [-0.2, -0.15) is 0 Å². The van der Waals surface area contributed by atoms with Gasteiger partial charge in [0.05, 0.1) is 6.54 Å². The van der Waals surface area contributed by atoms with Crippen LogP contribution in [0.1, 0.15) is 16.7 Å². The van der Waals surface area contributed by atoms with Crippen LogP contribution in [-0.4, -0.2) is 54.0 Å². The molecule has 3 heterocycles. The smallest absolute Gasteiger partial charge is 0.246 e. The molecule has 0 aliphatic carbocycles. The van der Waals surface area contributed by atoms with E-state index in [1.54, 1.807) is 24.2 Å². The van der Waals surface area contributed by atoms with E-state index in [-0.39, 0.29) is 31.0 Å². The third kappa shape index (κ3) is 4.90. The first-order valence-electron chi connectivity index (χ1n) is 9.27. The lowest BCUT2D eigenvalue weighted by atomic mass is 10.1. The quantitative estimate of drug-likeness (QED) is 0.749. The minimum atomic E-state index is -0.122. The summed E-state index contributed by atoms with van der Waals surface area (Å²) in [6.45, 7) is 1.62. The highest BCUT2D eigenvalue weighted by atomic mass is 35.5. The number of ether oxygens (including phenoxy) is 2. The Hall–Kier alpha value is -3.10. The fourth-order valence-corrected chi connectivity index (χ4v) is 3.30. The van der Waals surface area contributed by atoms with Crippen LogP contribution in [0.25, 0.3) is 6.08 Å². The predicted molar refractivity (Wildman–Crippen MR) is 115 cm³/mol. The summed E-state index contributed by atoms with van der Waals surface area (Å²) in [4.78, 5) is 32.1. The van der Waals surface area contributed by atoms with Crippen LogP contribution in [-0.2, 0) is 22.7 Å². The van der Waals surface area contributed by atoms with Crippen LogP contribution in [0.3, 0.4) is 0 Å². The number of aromatic nitrogens is 1. The van der Waals surface area contributed by atoms with E-state index in [2.05, 4.69) is 10.3 Å². The van der Waals surface area contributed by atoms with E-state index in [1.807, 2.05) is 36.2 Å². The number of hydrogen-bond donors (Lipinski definition) is 1. The molecular formula is C21H23ClN4O4. The molecule has 0 spiro atoms. The summed E-state index contributed by atoms with van der Waals surface area (Å²) in [5.41, 5.74) is 2.68. The molecule has 2 aliphatic heterocycles. The summed E-state index contributed by atoms with van der Waals surface area (Å²) >= 11 is 0. The Morgan fingerprint density at radius 1 is 1.27 bits per heavy atom. The number of pyridine rings is 1. The molecule has 158 valence electrons. The number of rotatable bonds is 4. The van der Waals surface area contributed by atoms with Gasteiger partial charge in [0.2, 0.25) is 18.6 Å². The number of carbonyl (C=O) groups excluding carboxylic acids is 2. The molecule has 0 unspecified atom stereocenters. The molecule has 2 amide bonds. The summed E-state index contributed by atoms with van der Waals surface area (Å²) < 4.78 is 10.7. The average Bonchev–Trinajstić information content (AvgIpc) is 3.09. The minimum absolute atomic E-state index is 0. The maximum atomic E-state index is 12.5. The molecule has 2 aliphatic rings. The van der Waals surface area contributed by atoms with Crippen LogP contribution in [0, 0.1) is 0 Å². The lowest BCUT2D eigenvalue weighted by Gasteiger charge is -2.15. The zero-order valence-electron chi connectivity index (χ0n) is 16.8. The Labute approximate surface area is 180 Å². The van der Waals surface area contributed by atoms with Gasteiger partial charge in [-0.15, -0.1) is 12.4 Å².